The highest BCUT2D eigenvalue weighted by atomic mass is 19.4. The van der Waals surface area contributed by atoms with E-state index < -0.39 is 12.0 Å². The number of nitrogens with zero attached hydrogens (tertiary/aromatic N) is 7. The first-order valence-corrected chi connectivity index (χ1v) is 7.32. The largest absolute Gasteiger partial charge is 0.453 e. The van der Waals surface area contributed by atoms with Gasteiger partial charge < -0.3 is 4.90 Å². The molecule has 3 aromatic heterocycles. The Morgan fingerprint density at radius 1 is 1.25 bits per heavy atom. The van der Waals surface area contributed by atoms with Crippen molar-refractivity contribution in [3.63, 3.8) is 0 Å². The van der Waals surface area contributed by atoms with Gasteiger partial charge in [0.2, 0.25) is 0 Å². The van der Waals surface area contributed by atoms with Crippen LogP contribution in [0.25, 0.3) is 5.78 Å². The number of hydrogen-bond donors (Lipinski definition) is 0. The van der Waals surface area contributed by atoms with E-state index in [1.807, 2.05) is 25.1 Å². The fourth-order valence-corrected chi connectivity index (χ4v) is 2.44. The van der Waals surface area contributed by atoms with Crippen molar-refractivity contribution in [2.24, 2.45) is 7.05 Å². The van der Waals surface area contributed by atoms with Crippen LogP contribution in [0, 0.1) is 6.92 Å². The lowest BCUT2D eigenvalue weighted by Crippen LogP contribution is -2.25. The Bertz CT molecular complexity index is 865. The van der Waals surface area contributed by atoms with Gasteiger partial charge in [-0.15, -0.1) is 5.10 Å². The van der Waals surface area contributed by atoms with Crippen molar-refractivity contribution in [3.8, 4) is 0 Å². The van der Waals surface area contributed by atoms with E-state index in [0.717, 1.165) is 10.1 Å². The molecule has 0 N–H and O–H groups in total. The molecule has 0 saturated heterocycles. The molecule has 10 heteroatoms. The fraction of sp³-hybridized carbons (Fsp3) is 0.429. The number of aromatic nitrogens is 6. The minimum atomic E-state index is -4.61. The number of anilines is 1. The van der Waals surface area contributed by atoms with E-state index in [-0.39, 0.29) is 5.78 Å². The van der Waals surface area contributed by atoms with E-state index in [9.17, 15) is 13.2 Å². The first kappa shape index (κ1) is 16.2. The zero-order valence-corrected chi connectivity index (χ0v) is 13.4. The second-order valence-corrected chi connectivity index (χ2v) is 5.44. The van der Waals surface area contributed by atoms with E-state index in [4.69, 9.17) is 0 Å². The zero-order chi connectivity index (χ0) is 17.5. The molecular weight excluding hydrogens is 323 g/mol. The second kappa shape index (κ2) is 5.77. The highest BCUT2D eigenvalue weighted by molar-refractivity contribution is 5.48. The molecule has 3 rings (SSSR count). The van der Waals surface area contributed by atoms with E-state index in [2.05, 4.69) is 20.2 Å². The molecule has 0 spiro atoms. The molecule has 0 amide bonds. The smallest absolute Gasteiger partial charge is 0.352 e. The van der Waals surface area contributed by atoms with Gasteiger partial charge in [0.15, 0.2) is 0 Å². The summed E-state index contributed by atoms with van der Waals surface area (Å²) in [6.45, 7) is 4.70. The van der Waals surface area contributed by atoms with Crippen LogP contribution in [0.4, 0.5) is 19.0 Å². The molecule has 0 bridgehead atoms. The van der Waals surface area contributed by atoms with E-state index in [1.54, 1.807) is 23.9 Å². The van der Waals surface area contributed by atoms with Crippen molar-refractivity contribution in [2.45, 2.75) is 26.6 Å². The summed E-state index contributed by atoms with van der Waals surface area (Å²) in [5.41, 5.74) is 1.52. The van der Waals surface area contributed by atoms with Gasteiger partial charge in [0, 0.05) is 43.7 Å². The Labute approximate surface area is 135 Å². The average molecular weight is 339 g/mol. The molecule has 0 saturated carbocycles. The predicted octanol–water partition coefficient (Wildman–Crippen LogP) is 2.21. The van der Waals surface area contributed by atoms with Gasteiger partial charge in [0.25, 0.3) is 11.6 Å². The van der Waals surface area contributed by atoms with E-state index >= 15 is 0 Å². The van der Waals surface area contributed by atoms with Crippen LogP contribution in [0.2, 0.25) is 0 Å². The minimum Gasteiger partial charge on any atom is -0.352 e. The van der Waals surface area contributed by atoms with Crippen LogP contribution < -0.4 is 4.90 Å². The highest BCUT2D eigenvalue weighted by Crippen LogP contribution is 2.28. The van der Waals surface area contributed by atoms with E-state index in [0.29, 0.717) is 24.6 Å². The molecule has 0 fully saturated rings. The quantitative estimate of drug-likeness (QED) is 0.729. The van der Waals surface area contributed by atoms with Crippen LogP contribution in [-0.4, -0.2) is 35.9 Å². The Morgan fingerprint density at radius 2 is 2.00 bits per heavy atom. The van der Waals surface area contributed by atoms with Gasteiger partial charge in [-0.2, -0.15) is 27.8 Å². The molecule has 0 aliphatic carbocycles. The summed E-state index contributed by atoms with van der Waals surface area (Å²) in [4.78, 5) is 9.45. The molecule has 0 aliphatic rings. The summed E-state index contributed by atoms with van der Waals surface area (Å²) in [5, 5.41) is 7.70. The summed E-state index contributed by atoms with van der Waals surface area (Å²) < 4.78 is 41.5. The number of rotatable bonds is 4. The van der Waals surface area contributed by atoms with Crippen LogP contribution in [0.15, 0.2) is 18.5 Å². The summed E-state index contributed by atoms with van der Waals surface area (Å²) in [6.07, 6.45) is -1.04. The Hall–Kier alpha value is -2.65. The monoisotopic (exact) mass is 339 g/mol. The normalized spacial score (nSPS) is 12.1. The third-order valence-corrected chi connectivity index (χ3v) is 3.51. The molecule has 128 valence electrons. The molecular formula is C14H16F3N7. The number of halogens is 3. The fourth-order valence-electron chi connectivity index (χ4n) is 2.44. The summed E-state index contributed by atoms with van der Waals surface area (Å²) in [5.74, 6) is -0.756. The number of hydrogen-bond acceptors (Lipinski definition) is 5. The lowest BCUT2D eigenvalue weighted by Gasteiger charge is -2.22. The van der Waals surface area contributed by atoms with Crippen LogP contribution >= 0.6 is 0 Å². The number of aryl methyl sites for hydroxylation is 2. The lowest BCUT2D eigenvalue weighted by atomic mass is 10.3. The van der Waals surface area contributed by atoms with Crippen molar-refractivity contribution in [1.29, 1.82) is 0 Å². The van der Waals surface area contributed by atoms with Crippen molar-refractivity contribution >= 4 is 11.6 Å². The second-order valence-electron chi connectivity index (χ2n) is 5.44. The summed E-state index contributed by atoms with van der Waals surface area (Å²) in [7, 11) is 1.81. The highest BCUT2D eigenvalue weighted by Gasteiger charge is 2.37. The summed E-state index contributed by atoms with van der Waals surface area (Å²) in [6, 6.07) is 1.70. The maximum atomic E-state index is 12.9. The predicted molar refractivity (Wildman–Crippen MR) is 80.5 cm³/mol. The van der Waals surface area contributed by atoms with Gasteiger partial charge in [-0.25, -0.2) is 4.98 Å². The third kappa shape index (κ3) is 3.03. The molecule has 0 aliphatic heterocycles. The van der Waals surface area contributed by atoms with E-state index in [1.165, 1.54) is 0 Å². The summed E-state index contributed by atoms with van der Waals surface area (Å²) >= 11 is 0. The van der Waals surface area contributed by atoms with Crippen LogP contribution in [0.3, 0.4) is 0 Å². The topological polar surface area (TPSA) is 64.1 Å². The minimum absolute atomic E-state index is 0.0676. The molecule has 3 heterocycles. The Balaban J connectivity index is 2.07. The number of alkyl halides is 3. The van der Waals surface area contributed by atoms with Gasteiger partial charge in [0.05, 0.1) is 6.20 Å². The third-order valence-electron chi connectivity index (χ3n) is 3.51. The maximum absolute atomic E-state index is 12.9. The van der Waals surface area contributed by atoms with Gasteiger partial charge in [0.1, 0.15) is 5.82 Å². The maximum Gasteiger partial charge on any atom is 0.453 e. The van der Waals surface area contributed by atoms with Crippen molar-refractivity contribution in [3.05, 3.63) is 35.5 Å². The molecule has 0 aromatic carbocycles. The van der Waals surface area contributed by atoms with Crippen LogP contribution in [0.1, 0.15) is 24.0 Å². The zero-order valence-electron chi connectivity index (χ0n) is 13.4. The molecule has 0 radical (unpaired) electrons. The standard InChI is InChI=1S/C14H16F3N7/c1-4-23(8-10-6-18-22(3)7-10)11-5-9(2)19-13-20-12(14(15,16)17)21-24(11)13/h5-7H,4,8H2,1-3H3. The van der Waals surface area contributed by atoms with Gasteiger partial charge >= 0.3 is 6.18 Å². The lowest BCUT2D eigenvalue weighted by molar-refractivity contribution is -0.144. The van der Waals surface area contributed by atoms with Crippen LogP contribution in [-0.2, 0) is 19.8 Å². The van der Waals surface area contributed by atoms with Gasteiger partial charge in [-0.05, 0) is 13.8 Å². The van der Waals surface area contributed by atoms with Crippen molar-refractivity contribution < 1.29 is 13.2 Å². The van der Waals surface area contributed by atoms with Crippen molar-refractivity contribution in [1.82, 2.24) is 29.4 Å². The van der Waals surface area contributed by atoms with Gasteiger partial charge in [-0.1, -0.05) is 0 Å². The first-order chi connectivity index (χ1) is 11.3. The molecule has 0 unspecified atom stereocenters. The molecule has 3 aromatic rings. The van der Waals surface area contributed by atoms with Crippen LogP contribution in [0.5, 0.6) is 0 Å². The first-order valence-electron chi connectivity index (χ1n) is 7.32. The Morgan fingerprint density at radius 3 is 2.58 bits per heavy atom. The van der Waals surface area contributed by atoms with Gasteiger partial charge in [-0.3, -0.25) is 4.68 Å². The van der Waals surface area contributed by atoms with Crippen molar-refractivity contribution in [2.75, 3.05) is 11.4 Å². The molecule has 7 nitrogen and oxygen atoms in total. The SMILES string of the molecule is CCN(Cc1cnn(C)c1)c1cc(C)nc2nc(C(F)(F)F)nn12. The molecule has 0 atom stereocenters. The number of fused-ring (bicyclic) bond motifs is 1. The molecule has 24 heavy (non-hydrogen) atoms. The average Bonchev–Trinajstić information content (AvgIpc) is 3.09. The Kier molecular flexibility index (Phi) is 3.90.